The fourth-order valence-electron chi connectivity index (χ4n) is 2.22. The van der Waals surface area contributed by atoms with Crippen LogP contribution in [-0.2, 0) is 0 Å². The summed E-state index contributed by atoms with van der Waals surface area (Å²) in [5, 5.41) is 13.8. The fraction of sp³-hybridized carbons (Fsp3) is 0.118. The third-order valence-electron chi connectivity index (χ3n) is 3.47. The lowest BCUT2D eigenvalue weighted by Gasteiger charge is -2.13. The average molecular weight is 394 g/mol. The van der Waals surface area contributed by atoms with Crippen molar-refractivity contribution in [2.45, 2.75) is 0 Å². The number of nitrogens with zero attached hydrogens (tertiary/aromatic N) is 3. The Kier molecular flexibility index (Phi) is 5.51. The first-order valence-electron chi connectivity index (χ1n) is 7.60. The van der Waals surface area contributed by atoms with Gasteiger partial charge in [-0.25, -0.2) is 8.78 Å². The highest BCUT2D eigenvalue weighted by molar-refractivity contribution is 6.32. The Morgan fingerprint density at radius 2 is 1.74 bits per heavy atom. The molecule has 0 saturated heterocycles. The zero-order valence-electron chi connectivity index (χ0n) is 14.3. The SMILES string of the molecule is COc1cc(Nc2cnnc(Nc3ccc(F)c(F)c3)n2)c(OC)cc1Cl. The number of benzene rings is 2. The molecule has 3 rings (SSSR count). The summed E-state index contributed by atoms with van der Waals surface area (Å²) in [5.74, 6) is -0.598. The van der Waals surface area contributed by atoms with Crippen LogP contribution >= 0.6 is 11.6 Å². The number of hydrogen-bond acceptors (Lipinski definition) is 7. The van der Waals surface area contributed by atoms with E-state index >= 15 is 0 Å². The van der Waals surface area contributed by atoms with E-state index in [-0.39, 0.29) is 11.6 Å². The Morgan fingerprint density at radius 1 is 0.963 bits per heavy atom. The molecule has 2 aromatic carbocycles. The zero-order chi connectivity index (χ0) is 19.4. The summed E-state index contributed by atoms with van der Waals surface area (Å²) < 4.78 is 36.8. The number of ether oxygens (including phenoxy) is 2. The van der Waals surface area contributed by atoms with Crippen molar-refractivity contribution in [3.8, 4) is 11.5 Å². The molecule has 0 spiro atoms. The molecule has 1 aromatic heterocycles. The summed E-state index contributed by atoms with van der Waals surface area (Å²) in [6.45, 7) is 0. The lowest BCUT2D eigenvalue weighted by molar-refractivity contribution is 0.405. The molecule has 0 fully saturated rings. The largest absolute Gasteiger partial charge is 0.495 e. The molecule has 0 saturated carbocycles. The van der Waals surface area contributed by atoms with Crippen molar-refractivity contribution in [3.63, 3.8) is 0 Å². The van der Waals surface area contributed by atoms with Crippen LogP contribution in [0.1, 0.15) is 0 Å². The molecular weight excluding hydrogens is 380 g/mol. The number of methoxy groups -OCH3 is 2. The van der Waals surface area contributed by atoms with Gasteiger partial charge >= 0.3 is 0 Å². The molecule has 10 heteroatoms. The Balaban J connectivity index is 1.85. The molecule has 0 aliphatic carbocycles. The summed E-state index contributed by atoms with van der Waals surface area (Å²) in [4.78, 5) is 4.23. The van der Waals surface area contributed by atoms with Gasteiger partial charge in [0, 0.05) is 23.9 Å². The van der Waals surface area contributed by atoms with Crippen LogP contribution in [0.2, 0.25) is 5.02 Å². The van der Waals surface area contributed by atoms with E-state index in [1.165, 1.54) is 26.5 Å². The van der Waals surface area contributed by atoms with Crippen LogP contribution in [0.25, 0.3) is 0 Å². The molecular formula is C17H14ClF2N5O2. The zero-order valence-corrected chi connectivity index (χ0v) is 15.0. The van der Waals surface area contributed by atoms with E-state index in [0.29, 0.717) is 28.0 Å². The monoisotopic (exact) mass is 393 g/mol. The minimum absolute atomic E-state index is 0.0888. The molecule has 2 N–H and O–H groups in total. The molecule has 0 bridgehead atoms. The van der Waals surface area contributed by atoms with Gasteiger partial charge in [0.15, 0.2) is 17.5 Å². The Bertz CT molecular complexity index is 974. The van der Waals surface area contributed by atoms with Gasteiger partial charge in [0.1, 0.15) is 11.5 Å². The van der Waals surface area contributed by atoms with Crippen LogP contribution in [0, 0.1) is 11.6 Å². The van der Waals surface area contributed by atoms with Crippen molar-refractivity contribution in [3.05, 3.63) is 53.2 Å². The summed E-state index contributed by atoms with van der Waals surface area (Å²) in [5.41, 5.74) is 0.816. The first-order valence-corrected chi connectivity index (χ1v) is 7.98. The Hall–Kier alpha value is -3.20. The number of aromatic nitrogens is 3. The van der Waals surface area contributed by atoms with Gasteiger partial charge < -0.3 is 20.1 Å². The van der Waals surface area contributed by atoms with Gasteiger partial charge in [-0.15, -0.1) is 5.10 Å². The topological polar surface area (TPSA) is 81.2 Å². The van der Waals surface area contributed by atoms with Crippen LogP contribution in [0.4, 0.5) is 31.9 Å². The standard InChI is InChI=1S/C17H14ClF2N5O2/c1-26-14-7-13(15(27-2)6-10(14)18)23-16-8-21-25-17(24-16)22-9-3-4-11(19)12(20)5-9/h3-8H,1-2H3,(H2,22,23,24,25). The highest BCUT2D eigenvalue weighted by Gasteiger charge is 2.12. The predicted octanol–water partition coefficient (Wildman–Crippen LogP) is 4.31. The predicted molar refractivity (Wildman–Crippen MR) is 97.3 cm³/mol. The first-order chi connectivity index (χ1) is 13.0. The summed E-state index contributed by atoms with van der Waals surface area (Å²) in [6, 6.07) is 6.59. The number of anilines is 4. The fourth-order valence-corrected chi connectivity index (χ4v) is 2.45. The number of hydrogen-bond donors (Lipinski definition) is 2. The summed E-state index contributed by atoms with van der Waals surface area (Å²) in [6.07, 6.45) is 1.39. The molecule has 0 atom stereocenters. The molecule has 0 amide bonds. The second kappa shape index (κ2) is 8.00. The van der Waals surface area contributed by atoms with Crippen LogP contribution in [0.5, 0.6) is 11.5 Å². The van der Waals surface area contributed by atoms with Gasteiger partial charge in [-0.05, 0) is 12.1 Å². The van der Waals surface area contributed by atoms with Gasteiger partial charge in [-0.3, -0.25) is 0 Å². The van der Waals surface area contributed by atoms with Gasteiger partial charge in [0.2, 0.25) is 5.95 Å². The maximum atomic E-state index is 13.3. The minimum Gasteiger partial charge on any atom is -0.495 e. The van der Waals surface area contributed by atoms with E-state index in [2.05, 4.69) is 25.8 Å². The van der Waals surface area contributed by atoms with E-state index in [1.807, 2.05) is 0 Å². The van der Waals surface area contributed by atoms with E-state index in [4.69, 9.17) is 21.1 Å². The van der Waals surface area contributed by atoms with Gasteiger partial charge in [-0.2, -0.15) is 10.1 Å². The van der Waals surface area contributed by atoms with E-state index in [0.717, 1.165) is 12.1 Å². The van der Waals surface area contributed by atoms with Gasteiger partial charge in [0.25, 0.3) is 0 Å². The molecule has 0 radical (unpaired) electrons. The van der Waals surface area contributed by atoms with E-state index < -0.39 is 11.6 Å². The Morgan fingerprint density at radius 3 is 2.44 bits per heavy atom. The molecule has 0 unspecified atom stereocenters. The van der Waals surface area contributed by atoms with Crippen molar-refractivity contribution in [1.82, 2.24) is 15.2 Å². The molecule has 140 valence electrons. The molecule has 0 aliphatic heterocycles. The molecule has 1 heterocycles. The Labute approximate surface area is 158 Å². The summed E-state index contributed by atoms with van der Waals surface area (Å²) in [7, 11) is 2.99. The van der Waals surface area contributed by atoms with Crippen molar-refractivity contribution >= 4 is 34.7 Å². The molecule has 3 aromatic rings. The van der Waals surface area contributed by atoms with Crippen molar-refractivity contribution < 1.29 is 18.3 Å². The third-order valence-corrected chi connectivity index (χ3v) is 3.77. The maximum absolute atomic E-state index is 13.3. The van der Waals surface area contributed by atoms with Crippen LogP contribution < -0.4 is 20.1 Å². The quantitative estimate of drug-likeness (QED) is 0.645. The van der Waals surface area contributed by atoms with Gasteiger partial charge in [-0.1, -0.05) is 11.6 Å². The van der Waals surface area contributed by atoms with Crippen LogP contribution in [0.15, 0.2) is 36.5 Å². The number of nitrogens with one attached hydrogen (secondary N) is 2. The lowest BCUT2D eigenvalue weighted by atomic mass is 10.2. The normalized spacial score (nSPS) is 10.4. The van der Waals surface area contributed by atoms with E-state index in [1.54, 1.807) is 12.1 Å². The summed E-state index contributed by atoms with van der Waals surface area (Å²) >= 11 is 6.08. The average Bonchev–Trinajstić information content (AvgIpc) is 2.66. The molecule has 27 heavy (non-hydrogen) atoms. The van der Waals surface area contributed by atoms with Crippen molar-refractivity contribution in [1.29, 1.82) is 0 Å². The smallest absolute Gasteiger partial charge is 0.249 e. The first kappa shape index (κ1) is 18.6. The second-order valence-corrected chi connectivity index (χ2v) is 5.64. The molecule has 7 nitrogen and oxygen atoms in total. The maximum Gasteiger partial charge on any atom is 0.249 e. The van der Waals surface area contributed by atoms with Crippen LogP contribution in [-0.4, -0.2) is 29.4 Å². The van der Waals surface area contributed by atoms with Crippen molar-refractivity contribution in [2.24, 2.45) is 0 Å². The van der Waals surface area contributed by atoms with Gasteiger partial charge in [0.05, 0.1) is 31.1 Å². The molecule has 0 aliphatic rings. The highest BCUT2D eigenvalue weighted by atomic mass is 35.5. The number of rotatable bonds is 6. The minimum atomic E-state index is -0.986. The van der Waals surface area contributed by atoms with E-state index in [9.17, 15) is 8.78 Å². The second-order valence-electron chi connectivity index (χ2n) is 5.23. The number of halogens is 3. The third kappa shape index (κ3) is 4.32. The van der Waals surface area contributed by atoms with Crippen LogP contribution in [0.3, 0.4) is 0 Å². The highest BCUT2D eigenvalue weighted by Crippen LogP contribution is 2.37. The lowest BCUT2D eigenvalue weighted by Crippen LogP contribution is -2.04. The van der Waals surface area contributed by atoms with Crippen molar-refractivity contribution in [2.75, 3.05) is 24.9 Å².